The van der Waals surface area contributed by atoms with E-state index in [0.29, 0.717) is 11.1 Å². The SMILES string of the molecule is COc1cc(/C=C/C(=O)O[C@H](C)C(=O)c2ccc(C)cc2)ccc1OC(F)F. The Bertz CT molecular complexity index is 860. The van der Waals surface area contributed by atoms with Gasteiger partial charge in [-0.15, -0.1) is 0 Å². The van der Waals surface area contributed by atoms with Gasteiger partial charge in [0.1, 0.15) is 0 Å². The van der Waals surface area contributed by atoms with Crippen molar-refractivity contribution in [1.82, 2.24) is 0 Å². The topological polar surface area (TPSA) is 61.8 Å². The van der Waals surface area contributed by atoms with Crippen LogP contribution in [0.2, 0.25) is 0 Å². The number of rotatable bonds is 8. The van der Waals surface area contributed by atoms with Crippen molar-refractivity contribution in [2.45, 2.75) is 26.6 Å². The molecule has 0 aliphatic heterocycles. The molecule has 2 aromatic carbocycles. The Morgan fingerprint density at radius 2 is 1.71 bits per heavy atom. The summed E-state index contributed by atoms with van der Waals surface area (Å²) in [4.78, 5) is 24.2. The Hall–Kier alpha value is -3.22. The molecule has 0 spiro atoms. The van der Waals surface area contributed by atoms with Crippen LogP contribution >= 0.6 is 0 Å². The summed E-state index contributed by atoms with van der Waals surface area (Å²) < 4.78 is 39.1. The maximum Gasteiger partial charge on any atom is 0.387 e. The molecule has 0 N–H and O–H groups in total. The third kappa shape index (κ3) is 5.90. The number of aryl methyl sites for hydroxylation is 1. The lowest BCUT2D eigenvalue weighted by Crippen LogP contribution is -2.23. The summed E-state index contributed by atoms with van der Waals surface area (Å²) >= 11 is 0. The van der Waals surface area contributed by atoms with E-state index in [2.05, 4.69) is 4.74 Å². The number of Topliss-reactive ketones (excluding diaryl/α,β-unsaturated/α-hetero) is 1. The summed E-state index contributed by atoms with van der Waals surface area (Å²) in [6.07, 6.45) is 1.61. The first-order valence-corrected chi connectivity index (χ1v) is 8.42. The average molecular weight is 390 g/mol. The van der Waals surface area contributed by atoms with Gasteiger partial charge in [0.25, 0.3) is 0 Å². The fourth-order valence-corrected chi connectivity index (χ4v) is 2.37. The van der Waals surface area contributed by atoms with Crippen LogP contribution < -0.4 is 9.47 Å². The maximum absolute atomic E-state index is 12.3. The van der Waals surface area contributed by atoms with E-state index in [4.69, 9.17) is 9.47 Å². The first-order valence-electron chi connectivity index (χ1n) is 8.42. The van der Waals surface area contributed by atoms with Gasteiger partial charge < -0.3 is 14.2 Å². The highest BCUT2D eigenvalue weighted by Crippen LogP contribution is 2.29. The Morgan fingerprint density at radius 1 is 1.04 bits per heavy atom. The van der Waals surface area contributed by atoms with Gasteiger partial charge in [-0.25, -0.2) is 4.79 Å². The third-order valence-corrected chi connectivity index (χ3v) is 3.81. The van der Waals surface area contributed by atoms with Crippen LogP contribution in [0.4, 0.5) is 8.78 Å². The number of hydrogen-bond acceptors (Lipinski definition) is 5. The Morgan fingerprint density at radius 3 is 2.32 bits per heavy atom. The number of carbonyl (C=O) groups is 2. The van der Waals surface area contributed by atoms with Crippen molar-refractivity contribution in [3.05, 3.63) is 65.2 Å². The van der Waals surface area contributed by atoms with Gasteiger partial charge in [0.05, 0.1) is 7.11 Å². The highest BCUT2D eigenvalue weighted by molar-refractivity contribution is 6.01. The molecule has 148 valence electrons. The van der Waals surface area contributed by atoms with Gasteiger partial charge in [-0.1, -0.05) is 35.9 Å². The van der Waals surface area contributed by atoms with Gasteiger partial charge in [-0.05, 0) is 37.6 Å². The van der Waals surface area contributed by atoms with Gasteiger partial charge in [-0.3, -0.25) is 4.79 Å². The van der Waals surface area contributed by atoms with E-state index in [-0.39, 0.29) is 17.3 Å². The van der Waals surface area contributed by atoms with E-state index in [1.165, 1.54) is 38.3 Å². The van der Waals surface area contributed by atoms with E-state index in [1.807, 2.05) is 6.92 Å². The van der Waals surface area contributed by atoms with Crippen LogP contribution in [0.15, 0.2) is 48.5 Å². The fourth-order valence-electron chi connectivity index (χ4n) is 2.37. The van der Waals surface area contributed by atoms with Gasteiger partial charge in [0, 0.05) is 11.6 Å². The Kier molecular flexibility index (Phi) is 7.26. The summed E-state index contributed by atoms with van der Waals surface area (Å²) in [7, 11) is 1.31. The molecule has 0 aliphatic carbocycles. The zero-order valence-corrected chi connectivity index (χ0v) is 15.6. The second kappa shape index (κ2) is 9.64. The van der Waals surface area contributed by atoms with E-state index in [1.54, 1.807) is 24.3 Å². The number of ketones is 1. The van der Waals surface area contributed by atoms with Crippen molar-refractivity contribution < 1.29 is 32.6 Å². The van der Waals surface area contributed by atoms with Crippen molar-refractivity contribution in [2.24, 2.45) is 0 Å². The molecule has 0 radical (unpaired) electrons. The molecule has 0 heterocycles. The predicted octanol–water partition coefficient (Wildman–Crippen LogP) is 4.43. The molecule has 0 unspecified atom stereocenters. The normalized spacial score (nSPS) is 12.1. The minimum Gasteiger partial charge on any atom is -0.493 e. The standard InChI is InChI=1S/C21H20F2O5/c1-13-4-8-16(9-5-13)20(25)14(2)27-19(24)11-7-15-6-10-17(28-21(22)23)18(12-15)26-3/h4-12,14,21H,1-3H3/b11-7+/t14-/m1/s1. The fraction of sp³-hybridized carbons (Fsp3) is 0.238. The van der Waals surface area contributed by atoms with Crippen molar-refractivity contribution >= 4 is 17.8 Å². The van der Waals surface area contributed by atoms with Gasteiger partial charge >= 0.3 is 12.6 Å². The number of halogens is 2. The number of esters is 1. The second-order valence-corrected chi connectivity index (χ2v) is 5.93. The van der Waals surface area contributed by atoms with Crippen molar-refractivity contribution in [2.75, 3.05) is 7.11 Å². The van der Waals surface area contributed by atoms with Crippen molar-refractivity contribution in [1.29, 1.82) is 0 Å². The molecule has 2 rings (SSSR count). The summed E-state index contributed by atoms with van der Waals surface area (Å²) in [5, 5.41) is 0. The molecule has 2 aromatic rings. The molecule has 5 nitrogen and oxygen atoms in total. The lowest BCUT2D eigenvalue weighted by atomic mass is 10.1. The molecule has 0 aromatic heterocycles. The molecule has 0 fully saturated rings. The zero-order valence-electron chi connectivity index (χ0n) is 15.6. The van der Waals surface area contributed by atoms with Crippen LogP contribution in [-0.4, -0.2) is 31.6 Å². The van der Waals surface area contributed by atoms with E-state index in [9.17, 15) is 18.4 Å². The third-order valence-electron chi connectivity index (χ3n) is 3.81. The number of methoxy groups -OCH3 is 1. The Labute approximate surface area is 161 Å². The zero-order chi connectivity index (χ0) is 20.7. The van der Waals surface area contributed by atoms with Crippen LogP contribution in [0.25, 0.3) is 6.08 Å². The smallest absolute Gasteiger partial charge is 0.387 e. The summed E-state index contributed by atoms with van der Waals surface area (Å²) in [6, 6.07) is 11.2. The number of hydrogen-bond donors (Lipinski definition) is 0. The van der Waals surface area contributed by atoms with Crippen LogP contribution in [0, 0.1) is 6.92 Å². The highest BCUT2D eigenvalue weighted by Gasteiger charge is 2.18. The first-order chi connectivity index (χ1) is 13.3. The van der Waals surface area contributed by atoms with E-state index in [0.717, 1.165) is 11.6 Å². The molecule has 0 aliphatic rings. The minimum absolute atomic E-state index is 0.0961. The van der Waals surface area contributed by atoms with E-state index >= 15 is 0 Å². The number of alkyl halides is 2. The first kappa shape index (κ1) is 21.1. The molecule has 1 atom stereocenters. The van der Waals surface area contributed by atoms with Crippen molar-refractivity contribution in [3.8, 4) is 11.5 Å². The predicted molar refractivity (Wildman–Crippen MR) is 99.7 cm³/mol. The summed E-state index contributed by atoms with van der Waals surface area (Å²) in [6.45, 7) is 0.426. The van der Waals surface area contributed by atoms with Crippen LogP contribution in [0.3, 0.4) is 0 Å². The van der Waals surface area contributed by atoms with Crippen LogP contribution in [0.5, 0.6) is 11.5 Å². The highest BCUT2D eigenvalue weighted by atomic mass is 19.3. The molecule has 0 bridgehead atoms. The quantitative estimate of drug-likeness (QED) is 0.379. The van der Waals surface area contributed by atoms with Gasteiger partial charge in [0.15, 0.2) is 17.6 Å². The minimum atomic E-state index is -2.97. The molecule has 0 amide bonds. The number of carbonyl (C=O) groups excluding carboxylic acids is 2. The van der Waals surface area contributed by atoms with Gasteiger partial charge in [-0.2, -0.15) is 8.78 Å². The molecular weight excluding hydrogens is 370 g/mol. The van der Waals surface area contributed by atoms with Crippen LogP contribution in [0.1, 0.15) is 28.4 Å². The molecule has 7 heteroatoms. The molecule has 0 saturated heterocycles. The Balaban J connectivity index is 2.00. The number of ether oxygens (including phenoxy) is 3. The molecular formula is C21H20F2O5. The lowest BCUT2D eigenvalue weighted by molar-refractivity contribution is -0.140. The maximum atomic E-state index is 12.3. The summed E-state index contributed by atoms with van der Waals surface area (Å²) in [5.41, 5.74) is 1.98. The average Bonchev–Trinajstić information content (AvgIpc) is 2.66. The van der Waals surface area contributed by atoms with Crippen LogP contribution in [-0.2, 0) is 9.53 Å². The second-order valence-electron chi connectivity index (χ2n) is 5.93. The van der Waals surface area contributed by atoms with Gasteiger partial charge in [0.2, 0.25) is 5.78 Å². The molecule has 28 heavy (non-hydrogen) atoms. The largest absolute Gasteiger partial charge is 0.493 e. The lowest BCUT2D eigenvalue weighted by Gasteiger charge is -2.11. The van der Waals surface area contributed by atoms with Crippen molar-refractivity contribution in [3.63, 3.8) is 0 Å². The monoisotopic (exact) mass is 390 g/mol. The number of benzene rings is 2. The summed E-state index contributed by atoms with van der Waals surface area (Å²) in [5.74, 6) is -1.04. The van der Waals surface area contributed by atoms with E-state index < -0.39 is 18.7 Å². The molecule has 0 saturated carbocycles.